The molecule has 3 N–H and O–H groups in total. The molecule has 0 amide bonds. The minimum absolute atomic E-state index is 0.0552. The molecule has 0 atom stereocenters. The van der Waals surface area contributed by atoms with Crippen molar-refractivity contribution in [2.24, 2.45) is 0 Å². The molecule has 0 aliphatic carbocycles. The number of benzene rings is 1. The van der Waals surface area contributed by atoms with Gasteiger partial charge in [-0.05, 0) is 6.07 Å². The molecule has 7 heteroatoms. The molecule has 0 spiro atoms. The van der Waals surface area contributed by atoms with Crippen molar-refractivity contribution < 1.29 is 33.3 Å². The van der Waals surface area contributed by atoms with E-state index in [1.54, 1.807) is 0 Å². The molecule has 0 bridgehead atoms. The maximum absolute atomic E-state index is 12.5. The average molecular weight is 278 g/mol. The first-order chi connectivity index (χ1) is 8.47. The van der Waals surface area contributed by atoms with Crippen LogP contribution in [0.4, 0.5) is 13.2 Å². The third kappa shape index (κ3) is 3.10. The number of alkyl halides is 3. The van der Waals surface area contributed by atoms with Crippen LogP contribution >= 0.6 is 0 Å². The van der Waals surface area contributed by atoms with Gasteiger partial charge in [0, 0.05) is 11.0 Å². The van der Waals surface area contributed by atoms with Gasteiger partial charge in [0.1, 0.15) is 5.56 Å². The van der Waals surface area contributed by atoms with Crippen LogP contribution in [-0.2, 0) is 16.4 Å². The number of rotatable bonds is 3. The second-order valence-electron chi connectivity index (χ2n) is 4.81. The van der Waals surface area contributed by atoms with Crippen molar-refractivity contribution in [3.63, 3.8) is 0 Å². The van der Waals surface area contributed by atoms with Gasteiger partial charge in [0.25, 0.3) is 0 Å². The summed E-state index contributed by atoms with van der Waals surface area (Å²) < 4.78 is 37.5. The Bertz CT molecular complexity index is 506. The zero-order valence-electron chi connectivity index (χ0n) is 10.2. The molecule has 0 radical (unpaired) electrons. The minimum atomic E-state index is -4.79. The van der Waals surface area contributed by atoms with Crippen LogP contribution in [0.2, 0.25) is 0 Å². The number of carboxylic acid groups (broad SMARTS) is 1. The molecule has 0 saturated heterocycles. The largest absolute Gasteiger partial charge is 0.504 e. The molecule has 0 aliphatic heterocycles. The fourth-order valence-corrected chi connectivity index (χ4v) is 1.83. The van der Waals surface area contributed by atoms with E-state index in [0.717, 1.165) is 6.07 Å². The zero-order valence-corrected chi connectivity index (χ0v) is 10.2. The minimum Gasteiger partial charge on any atom is -0.504 e. The fourth-order valence-electron chi connectivity index (χ4n) is 1.83. The van der Waals surface area contributed by atoms with Crippen molar-refractivity contribution in [2.45, 2.75) is 31.9 Å². The molecule has 0 unspecified atom stereocenters. The number of hydrogen-bond acceptors (Lipinski definition) is 3. The SMILES string of the molecule is CC(C)(CC(=O)O)c1ccc(C(F)(F)F)c(O)c1O. The maximum Gasteiger partial charge on any atom is 0.420 e. The predicted octanol–water partition coefficient (Wildman–Crippen LogP) is 2.87. The van der Waals surface area contributed by atoms with Crippen LogP contribution < -0.4 is 0 Å². The predicted molar refractivity (Wildman–Crippen MR) is 60.1 cm³/mol. The number of phenolic OH excluding ortho intramolecular Hbond substituents is 2. The fraction of sp³-hybridized carbons (Fsp3) is 0.417. The average Bonchev–Trinajstić information content (AvgIpc) is 2.17. The molecule has 1 aromatic carbocycles. The van der Waals surface area contributed by atoms with Crippen LogP contribution in [-0.4, -0.2) is 21.3 Å². The van der Waals surface area contributed by atoms with Crippen LogP contribution in [0.15, 0.2) is 12.1 Å². The van der Waals surface area contributed by atoms with Crippen molar-refractivity contribution in [1.82, 2.24) is 0 Å². The molecule has 0 fully saturated rings. The lowest BCUT2D eigenvalue weighted by atomic mass is 9.80. The second-order valence-corrected chi connectivity index (χ2v) is 4.81. The smallest absolute Gasteiger partial charge is 0.420 e. The van der Waals surface area contributed by atoms with Crippen molar-refractivity contribution in [3.05, 3.63) is 23.3 Å². The van der Waals surface area contributed by atoms with Gasteiger partial charge in [-0.3, -0.25) is 4.79 Å². The van der Waals surface area contributed by atoms with E-state index in [0.29, 0.717) is 6.07 Å². The highest BCUT2D eigenvalue weighted by Gasteiger charge is 2.37. The molecule has 1 rings (SSSR count). The molecule has 4 nitrogen and oxygen atoms in total. The van der Waals surface area contributed by atoms with Gasteiger partial charge in [-0.2, -0.15) is 13.2 Å². The summed E-state index contributed by atoms with van der Waals surface area (Å²) in [6, 6.07) is 1.59. The van der Waals surface area contributed by atoms with Gasteiger partial charge in [-0.15, -0.1) is 0 Å². The Labute approximate surface area is 107 Å². The second kappa shape index (κ2) is 4.64. The van der Waals surface area contributed by atoms with E-state index in [-0.39, 0.29) is 5.56 Å². The summed E-state index contributed by atoms with van der Waals surface area (Å²) in [6.07, 6.45) is -5.19. The number of hydrogen-bond donors (Lipinski definition) is 3. The lowest BCUT2D eigenvalue weighted by Crippen LogP contribution is -2.22. The maximum atomic E-state index is 12.5. The Morgan fingerprint density at radius 2 is 1.53 bits per heavy atom. The Hall–Kier alpha value is -1.92. The third-order valence-corrected chi connectivity index (χ3v) is 2.78. The van der Waals surface area contributed by atoms with Crippen molar-refractivity contribution in [3.8, 4) is 11.5 Å². The number of aromatic hydroxyl groups is 2. The van der Waals surface area contributed by atoms with Crippen LogP contribution in [0.3, 0.4) is 0 Å². The molecular weight excluding hydrogens is 265 g/mol. The van der Waals surface area contributed by atoms with Gasteiger partial charge in [-0.25, -0.2) is 0 Å². The van der Waals surface area contributed by atoms with E-state index in [1.807, 2.05) is 0 Å². The molecule has 0 aromatic heterocycles. The number of carboxylic acids is 1. The summed E-state index contributed by atoms with van der Waals surface area (Å²) in [4.78, 5) is 10.7. The van der Waals surface area contributed by atoms with Gasteiger partial charge in [0.05, 0.1) is 6.42 Å². The summed E-state index contributed by atoms with van der Waals surface area (Å²) >= 11 is 0. The Morgan fingerprint density at radius 3 is 1.95 bits per heavy atom. The first-order valence-electron chi connectivity index (χ1n) is 5.31. The number of carbonyl (C=O) groups is 1. The van der Waals surface area contributed by atoms with E-state index in [2.05, 4.69) is 0 Å². The summed E-state index contributed by atoms with van der Waals surface area (Å²) in [5.41, 5.74) is -2.53. The topological polar surface area (TPSA) is 77.8 Å². The quantitative estimate of drug-likeness (QED) is 0.743. The summed E-state index contributed by atoms with van der Waals surface area (Å²) in [7, 11) is 0. The standard InChI is InChI=1S/C12H13F3O4/c1-11(2,5-8(16)17)6-3-4-7(12(13,14)15)10(19)9(6)18/h3-4,18-19H,5H2,1-2H3,(H,16,17). The van der Waals surface area contributed by atoms with E-state index < -0.39 is 41.0 Å². The van der Waals surface area contributed by atoms with Crippen molar-refractivity contribution in [1.29, 1.82) is 0 Å². The molecule has 1 aromatic rings. The van der Waals surface area contributed by atoms with E-state index >= 15 is 0 Å². The molecule has 0 aliphatic rings. The van der Waals surface area contributed by atoms with E-state index in [1.165, 1.54) is 13.8 Å². The molecule has 106 valence electrons. The monoisotopic (exact) mass is 278 g/mol. The van der Waals surface area contributed by atoms with Gasteiger partial charge < -0.3 is 15.3 Å². The highest BCUT2D eigenvalue weighted by atomic mass is 19.4. The van der Waals surface area contributed by atoms with Gasteiger partial charge in [0.15, 0.2) is 11.5 Å². The Morgan fingerprint density at radius 1 is 1.11 bits per heavy atom. The van der Waals surface area contributed by atoms with Crippen molar-refractivity contribution >= 4 is 5.97 Å². The van der Waals surface area contributed by atoms with E-state index in [4.69, 9.17) is 5.11 Å². The highest BCUT2D eigenvalue weighted by molar-refractivity contribution is 5.69. The third-order valence-electron chi connectivity index (χ3n) is 2.78. The van der Waals surface area contributed by atoms with Gasteiger partial charge in [0.2, 0.25) is 0 Å². The van der Waals surface area contributed by atoms with Gasteiger partial charge >= 0.3 is 12.1 Å². The molecule has 0 saturated carbocycles. The molecular formula is C12H13F3O4. The summed E-state index contributed by atoms with van der Waals surface area (Å²) in [5, 5.41) is 27.8. The summed E-state index contributed by atoms with van der Waals surface area (Å²) in [6.45, 7) is 2.89. The first-order valence-corrected chi connectivity index (χ1v) is 5.31. The molecule has 19 heavy (non-hydrogen) atoms. The normalized spacial score (nSPS) is 12.5. The van der Waals surface area contributed by atoms with Crippen LogP contribution in [0.5, 0.6) is 11.5 Å². The van der Waals surface area contributed by atoms with Gasteiger partial charge in [-0.1, -0.05) is 19.9 Å². The lowest BCUT2D eigenvalue weighted by molar-refractivity contribution is -0.140. The first kappa shape index (κ1) is 15.1. The van der Waals surface area contributed by atoms with Crippen molar-refractivity contribution in [2.75, 3.05) is 0 Å². The van der Waals surface area contributed by atoms with E-state index in [9.17, 15) is 28.2 Å². The zero-order chi connectivity index (χ0) is 15.0. The number of halogens is 3. The summed E-state index contributed by atoms with van der Waals surface area (Å²) in [5.74, 6) is -3.40. The van der Waals surface area contributed by atoms with Crippen LogP contribution in [0.25, 0.3) is 0 Å². The number of aliphatic carboxylic acids is 1. The number of phenols is 2. The van der Waals surface area contributed by atoms with Crippen LogP contribution in [0.1, 0.15) is 31.4 Å². The van der Waals surface area contributed by atoms with Crippen LogP contribution in [0, 0.1) is 0 Å². The highest BCUT2D eigenvalue weighted by Crippen LogP contribution is 2.45. The molecule has 0 heterocycles. The lowest BCUT2D eigenvalue weighted by Gasteiger charge is -2.25. The Balaban J connectivity index is 3.35. The Kier molecular flexibility index (Phi) is 3.70.